The molecule has 20 heavy (non-hydrogen) atoms. The molecule has 2 aromatic rings. The van der Waals surface area contributed by atoms with Crippen LogP contribution < -0.4 is 5.73 Å². The van der Waals surface area contributed by atoms with E-state index in [0.717, 1.165) is 12.0 Å². The van der Waals surface area contributed by atoms with Crippen molar-refractivity contribution in [3.05, 3.63) is 46.9 Å². The van der Waals surface area contributed by atoms with E-state index in [1.807, 2.05) is 19.9 Å². The number of hydrogen-bond acceptors (Lipinski definition) is 3. The number of rotatable bonds is 4. The molecule has 0 bridgehead atoms. The molecule has 104 valence electrons. The molecule has 0 fully saturated rings. The first-order chi connectivity index (χ1) is 9.56. The summed E-state index contributed by atoms with van der Waals surface area (Å²) in [4.78, 5) is 0. The molecule has 0 unspecified atom stereocenters. The van der Waals surface area contributed by atoms with Gasteiger partial charge in [-0.3, -0.25) is 0 Å². The summed E-state index contributed by atoms with van der Waals surface area (Å²) < 4.78 is 14.9. The molecular formula is C15H17FN4. The summed E-state index contributed by atoms with van der Waals surface area (Å²) in [6, 6.07) is 8.51. The Kier molecular flexibility index (Phi) is 4.04. The SMILES string of the molecule is CC[C@H](C)n1nc(Cc2cccc(F)c2)c(C#N)c1N. The van der Waals surface area contributed by atoms with Gasteiger partial charge in [0.05, 0.1) is 11.7 Å². The van der Waals surface area contributed by atoms with E-state index in [2.05, 4.69) is 11.2 Å². The van der Waals surface area contributed by atoms with Crippen molar-refractivity contribution in [3.8, 4) is 6.07 Å². The Morgan fingerprint density at radius 3 is 2.85 bits per heavy atom. The number of hydrogen-bond donors (Lipinski definition) is 1. The molecule has 2 rings (SSSR count). The van der Waals surface area contributed by atoms with Gasteiger partial charge >= 0.3 is 0 Å². The van der Waals surface area contributed by atoms with Gasteiger partial charge < -0.3 is 5.73 Å². The fraction of sp³-hybridized carbons (Fsp3) is 0.333. The highest BCUT2D eigenvalue weighted by Gasteiger charge is 2.18. The maximum Gasteiger partial charge on any atom is 0.140 e. The van der Waals surface area contributed by atoms with E-state index in [1.54, 1.807) is 10.7 Å². The highest BCUT2D eigenvalue weighted by Crippen LogP contribution is 2.23. The first kappa shape index (κ1) is 14.1. The van der Waals surface area contributed by atoms with Gasteiger partial charge in [-0.15, -0.1) is 0 Å². The lowest BCUT2D eigenvalue weighted by molar-refractivity contribution is 0.481. The standard InChI is InChI=1S/C15H17FN4/c1-3-10(2)20-15(18)13(9-17)14(19-20)8-11-5-4-6-12(16)7-11/h4-7,10H,3,8,18H2,1-2H3/t10-/m0/s1. The van der Waals surface area contributed by atoms with Crippen LogP contribution >= 0.6 is 0 Å². The average Bonchev–Trinajstić information content (AvgIpc) is 2.74. The van der Waals surface area contributed by atoms with Crippen LogP contribution in [0.3, 0.4) is 0 Å². The molecule has 0 spiro atoms. The Bertz CT molecular complexity index is 654. The molecule has 1 aromatic carbocycles. The van der Waals surface area contributed by atoms with Gasteiger partial charge in [0.1, 0.15) is 23.3 Å². The third-order valence-electron chi connectivity index (χ3n) is 3.40. The number of halogens is 1. The Balaban J connectivity index is 2.39. The zero-order valence-corrected chi connectivity index (χ0v) is 11.6. The molecule has 0 amide bonds. The predicted octanol–water partition coefficient (Wildman–Crippen LogP) is 3.04. The van der Waals surface area contributed by atoms with Crippen LogP contribution in [-0.4, -0.2) is 9.78 Å². The van der Waals surface area contributed by atoms with E-state index in [1.165, 1.54) is 12.1 Å². The van der Waals surface area contributed by atoms with Crippen LogP contribution in [0.25, 0.3) is 0 Å². The molecule has 0 saturated heterocycles. The highest BCUT2D eigenvalue weighted by atomic mass is 19.1. The summed E-state index contributed by atoms with van der Waals surface area (Å²) in [5, 5.41) is 13.7. The van der Waals surface area contributed by atoms with E-state index >= 15 is 0 Å². The lowest BCUT2D eigenvalue weighted by Gasteiger charge is -2.10. The second-order valence-electron chi connectivity index (χ2n) is 4.83. The third-order valence-corrected chi connectivity index (χ3v) is 3.40. The molecule has 0 aliphatic heterocycles. The molecule has 0 saturated carbocycles. The Morgan fingerprint density at radius 1 is 1.50 bits per heavy atom. The largest absolute Gasteiger partial charge is 0.383 e. The second kappa shape index (κ2) is 5.74. The zero-order chi connectivity index (χ0) is 14.7. The maximum absolute atomic E-state index is 13.2. The lowest BCUT2D eigenvalue weighted by Crippen LogP contribution is -2.09. The molecule has 0 aliphatic rings. The Labute approximate surface area is 117 Å². The van der Waals surface area contributed by atoms with Gasteiger partial charge in [0.25, 0.3) is 0 Å². The number of aromatic nitrogens is 2. The van der Waals surface area contributed by atoms with Crippen LogP contribution in [0.5, 0.6) is 0 Å². The van der Waals surface area contributed by atoms with Gasteiger partial charge in [-0.2, -0.15) is 10.4 Å². The minimum atomic E-state index is -0.296. The normalized spacial score (nSPS) is 12.1. The molecule has 1 aromatic heterocycles. The van der Waals surface area contributed by atoms with Crippen LogP contribution in [0.1, 0.15) is 43.1 Å². The van der Waals surface area contributed by atoms with Gasteiger partial charge in [-0.25, -0.2) is 9.07 Å². The summed E-state index contributed by atoms with van der Waals surface area (Å²) in [6.45, 7) is 4.03. The van der Waals surface area contributed by atoms with Crippen molar-refractivity contribution in [1.29, 1.82) is 5.26 Å². The fourth-order valence-corrected chi connectivity index (χ4v) is 2.09. The molecule has 0 radical (unpaired) electrons. The molecular weight excluding hydrogens is 255 g/mol. The maximum atomic E-state index is 13.2. The van der Waals surface area contributed by atoms with Crippen molar-refractivity contribution in [2.75, 3.05) is 5.73 Å². The Hall–Kier alpha value is -2.35. The van der Waals surface area contributed by atoms with Crippen LogP contribution in [0, 0.1) is 17.1 Å². The van der Waals surface area contributed by atoms with Gasteiger partial charge in [0.2, 0.25) is 0 Å². The van der Waals surface area contributed by atoms with E-state index in [-0.39, 0.29) is 11.9 Å². The van der Waals surface area contributed by atoms with Crippen molar-refractivity contribution < 1.29 is 4.39 Å². The van der Waals surface area contributed by atoms with Crippen molar-refractivity contribution in [2.24, 2.45) is 0 Å². The minimum Gasteiger partial charge on any atom is -0.383 e. The molecule has 1 atom stereocenters. The second-order valence-corrected chi connectivity index (χ2v) is 4.83. The number of anilines is 1. The number of benzene rings is 1. The van der Waals surface area contributed by atoms with Gasteiger partial charge in [-0.1, -0.05) is 19.1 Å². The van der Waals surface area contributed by atoms with E-state index in [4.69, 9.17) is 5.73 Å². The fourth-order valence-electron chi connectivity index (χ4n) is 2.09. The van der Waals surface area contributed by atoms with Gasteiger partial charge in [-0.05, 0) is 31.0 Å². The summed E-state index contributed by atoms with van der Waals surface area (Å²) in [5.74, 6) is 0.0867. The number of nitriles is 1. The quantitative estimate of drug-likeness (QED) is 0.930. The van der Waals surface area contributed by atoms with Crippen molar-refractivity contribution >= 4 is 5.82 Å². The average molecular weight is 272 g/mol. The first-order valence-corrected chi connectivity index (χ1v) is 6.58. The third kappa shape index (κ3) is 2.64. The topological polar surface area (TPSA) is 67.6 Å². The van der Waals surface area contributed by atoms with Crippen LogP contribution in [-0.2, 0) is 6.42 Å². The number of nitrogen functional groups attached to an aromatic ring is 1. The van der Waals surface area contributed by atoms with Gasteiger partial charge in [0.15, 0.2) is 0 Å². The number of nitrogens with zero attached hydrogens (tertiary/aromatic N) is 3. The van der Waals surface area contributed by atoms with Crippen molar-refractivity contribution in [2.45, 2.75) is 32.7 Å². The lowest BCUT2D eigenvalue weighted by atomic mass is 10.1. The van der Waals surface area contributed by atoms with E-state index in [9.17, 15) is 9.65 Å². The van der Waals surface area contributed by atoms with Gasteiger partial charge in [0, 0.05) is 6.42 Å². The molecule has 5 heteroatoms. The molecule has 0 aliphatic carbocycles. The van der Waals surface area contributed by atoms with Crippen LogP contribution in [0.2, 0.25) is 0 Å². The van der Waals surface area contributed by atoms with E-state index in [0.29, 0.717) is 23.5 Å². The van der Waals surface area contributed by atoms with E-state index < -0.39 is 0 Å². The number of nitrogens with two attached hydrogens (primary N) is 1. The van der Waals surface area contributed by atoms with Crippen molar-refractivity contribution in [3.63, 3.8) is 0 Å². The summed E-state index contributed by atoms with van der Waals surface area (Å²) >= 11 is 0. The molecule has 4 nitrogen and oxygen atoms in total. The monoisotopic (exact) mass is 272 g/mol. The molecule has 2 N–H and O–H groups in total. The smallest absolute Gasteiger partial charge is 0.140 e. The van der Waals surface area contributed by atoms with Crippen molar-refractivity contribution in [1.82, 2.24) is 9.78 Å². The summed E-state index contributed by atoms with van der Waals surface area (Å²) in [6.07, 6.45) is 1.27. The van der Waals surface area contributed by atoms with Crippen LogP contribution in [0.4, 0.5) is 10.2 Å². The predicted molar refractivity (Wildman–Crippen MR) is 75.6 cm³/mol. The summed E-state index contributed by atoms with van der Waals surface area (Å²) in [5.41, 5.74) is 7.73. The Morgan fingerprint density at radius 2 is 2.25 bits per heavy atom. The molecule has 1 heterocycles. The van der Waals surface area contributed by atoms with Crippen LogP contribution in [0.15, 0.2) is 24.3 Å². The summed E-state index contributed by atoms with van der Waals surface area (Å²) in [7, 11) is 0. The highest BCUT2D eigenvalue weighted by molar-refractivity contribution is 5.53. The minimum absolute atomic E-state index is 0.128. The zero-order valence-electron chi connectivity index (χ0n) is 11.6. The first-order valence-electron chi connectivity index (χ1n) is 6.58.